The summed E-state index contributed by atoms with van der Waals surface area (Å²) in [6.45, 7) is 0. The van der Waals surface area contributed by atoms with Crippen molar-refractivity contribution in [3.05, 3.63) is 0 Å². The second-order valence-electron chi connectivity index (χ2n) is 5.26. The zero-order valence-electron chi connectivity index (χ0n) is 7.85. The number of hydrogen-bond acceptors (Lipinski definition) is 0. The van der Waals surface area contributed by atoms with Gasteiger partial charge in [0.2, 0.25) is 0 Å². The average Bonchev–Trinajstić information content (AvgIpc) is 2.02. The van der Waals surface area contributed by atoms with Gasteiger partial charge in [-0.1, -0.05) is 0 Å². The van der Waals surface area contributed by atoms with Gasteiger partial charge in [-0.3, -0.25) is 0 Å². The second kappa shape index (κ2) is 2.61. The Kier molecular flexibility index (Phi) is 1.76. The molecule has 0 unspecified atom stereocenters. The van der Waals surface area contributed by atoms with Crippen molar-refractivity contribution in [1.82, 2.24) is 0 Å². The summed E-state index contributed by atoms with van der Waals surface area (Å²) in [5.41, 5.74) is 0. The molecule has 0 spiro atoms. The molecule has 0 saturated heterocycles. The molecule has 4 bridgehead atoms. The van der Waals surface area contributed by atoms with Crippen LogP contribution >= 0.6 is 0 Å². The Labute approximate surface area is 85.8 Å². The summed E-state index contributed by atoms with van der Waals surface area (Å²) < 4.78 is 0.952. The van der Waals surface area contributed by atoms with Crippen molar-refractivity contribution in [3.63, 3.8) is 0 Å². The third-order valence-electron chi connectivity index (χ3n) is 4.36. The molecule has 0 aromatic heterocycles. The molecule has 0 aromatic rings. The van der Waals surface area contributed by atoms with E-state index in [1.165, 1.54) is 17.8 Å². The van der Waals surface area contributed by atoms with Crippen LogP contribution in [0.5, 0.6) is 0 Å². The first-order valence-electron chi connectivity index (χ1n) is 5.30. The van der Waals surface area contributed by atoms with Gasteiger partial charge in [0.25, 0.3) is 0 Å². The standard InChI is InChI=1S/C11H18I/c1-12-11-5-8-2-9(6-11)4-10(3-8)7-11/h8-10H,2-7H2,1H3/q-1. The first-order chi connectivity index (χ1) is 5.80. The molecule has 4 aliphatic rings. The molecule has 0 aromatic carbocycles. The first kappa shape index (κ1) is 8.07. The molecule has 70 valence electrons. The van der Waals surface area contributed by atoms with E-state index >= 15 is 0 Å². The van der Waals surface area contributed by atoms with Crippen LogP contribution in [-0.2, 0) is 0 Å². The molecule has 0 atom stereocenters. The van der Waals surface area contributed by atoms with Gasteiger partial charge >= 0.3 is 85.8 Å². The fourth-order valence-corrected chi connectivity index (χ4v) is 7.43. The molecule has 4 aliphatic carbocycles. The van der Waals surface area contributed by atoms with E-state index in [-0.39, 0.29) is 0 Å². The summed E-state index contributed by atoms with van der Waals surface area (Å²) in [6.07, 6.45) is 9.77. The van der Waals surface area contributed by atoms with Gasteiger partial charge in [-0.25, -0.2) is 0 Å². The topological polar surface area (TPSA) is 0 Å². The summed E-state index contributed by atoms with van der Waals surface area (Å²) in [4.78, 5) is 2.53. The van der Waals surface area contributed by atoms with E-state index in [4.69, 9.17) is 0 Å². The Morgan fingerprint density at radius 2 is 1.33 bits per heavy atom. The van der Waals surface area contributed by atoms with Crippen LogP contribution in [0.4, 0.5) is 0 Å². The Hall–Kier alpha value is 0.730. The molecule has 0 aliphatic heterocycles. The number of hydrogen-bond donors (Lipinski definition) is 0. The van der Waals surface area contributed by atoms with Crippen LogP contribution in [0.25, 0.3) is 0 Å². The molecule has 0 nitrogen and oxygen atoms in total. The quantitative estimate of drug-likeness (QED) is 0.455. The summed E-state index contributed by atoms with van der Waals surface area (Å²) in [6, 6.07) is 0. The molecule has 0 amide bonds. The summed E-state index contributed by atoms with van der Waals surface area (Å²) >= 11 is 0.527. The van der Waals surface area contributed by atoms with E-state index in [0.717, 1.165) is 3.42 Å². The molecule has 0 N–H and O–H groups in total. The van der Waals surface area contributed by atoms with E-state index in [9.17, 15) is 0 Å². The Morgan fingerprint density at radius 3 is 1.67 bits per heavy atom. The maximum absolute atomic E-state index is 2.53. The van der Waals surface area contributed by atoms with Gasteiger partial charge < -0.3 is 0 Å². The summed E-state index contributed by atoms with van der Waals surface area (Å²) in [5.74, 6) is 3.53. The minimum absolute atomic E-state index is 0.527. The Morgan fingerprint density at radius 1 is 0.917 bits per heavy atom. The summed E-state index contributed by atoms with van der Waals surface area (Å²) in [7, 11) is 0. The molecule has 4 fully saturated rings. The molecular formula is C11H18I-. The van der Waals surface area contributed by atoms with Crippen molar-refractivity contribution >= 4 is 0 Å². The molecule has 1 heteroatoms. The van der Waals surface area contributed by atoms with E-state index in [0.29, 0.717) is 21.2 Å². The normalized spacial score (nSPS) is 56.6. The van der Waals surface area contributed by atoms with Gasteiger partial charge in [0.1, 0.15) is 0 Å². The fourth-order valence-electron chi connectivity index (χ4n) is 4.24. The van der Waals surface area contributed by atoms with E-state index in [1.807, 2.05) is 0 Å². The van der Waals surface area contributed by atoms with Crippen molar-refractivity contribution in [1.29, 1.82) is 0 Å². The predicted octanol–water partition coefficient (Wildman–Crippen LogP) is -0.326. The van der Waals surface area contributed by atoms with Crippen LogP contribution in [0.1, 0.15) is 38.5 Å². The van der Waals surface area contributed by atoms with Crippen molar-refractivity contribution in [2.45, 2.75) is 41.9 Å². The van der Waals surface area contributed by atoms with Crippen molar-refractivity contribution < 1.29 is 21.2 Å². The van der Waals surface area contributed by atoms with Crippen LogP contribution in [0, 0.1) is 17.8 Å². The Balaban J connectivity index is 1.90. The van der Waals surface area contributed by atoms with Crippen molar-refractivity contribution in [2.75, 3.05) is 4.93 Å². The molecule has 12 heavy (non-hydrogen) atoms. The van der Waals surface area contributed by atoms with Gasteiger partial charge in [0.15, 0.2) is 0 Å². The molecule has 4 saturated carbocycles. The second-order valence-corrected chi connectivity index (χ2v) is 8.62. The first-order valence-corrected chi connectivity index (χ1v) is 8.54. The molecule has 0 radical (unpaired) electrons. The number of halogens is 1. The monoisotopic (exact) mass is 277 g/mol. The van der Waals surface area contributed by atoms with Gasteiger partial charge in [-0.15, -0.1) is 0 Å². The zero-order valence-corrected chi connectivity index (χ0v) is 10.0. The maximum atomic E-state index is 2.53. The minimum atomic E-state index is 0.527. The third-order valence-corrected chi connectivity index (χ3v) is 7.97. The SMILES string of the molecule is C[I-]C12CC3CC(CC(C3)C1)C2. The zero-order chi connectivity index (χ0) is 8.18. The van der Waals surface area contributed by atoms with E-state index in [1.54, 1.807) is 38.5 Å². The third kappa shape index (κ3) is 1.08. The van der Waals surface area contributed by atoms with Gasteiger partial charge in [-0.2, -0.15) is 0 Å². The number of rotatable bonds is 1. The predicted molar refractivity (Wildman–Crippen MR) is 46.8 cm³/mol. The molecule has 0 heterocycles. The number of alkyl halides is 2. The van der Waals surface area contributed by atoms with Crippen LogP contribution in [0.2, 0.25) is 0 Å². The van der Waals surface area contributed by atoms with Crippen LogP contribution in [-0.4, -0.2) is 8.35 Å². The van der Waals surface area contributed by atoms with Gasteiger partial charge in [-0.05, 0) is 0 Å². The fraction of sp³-hybridized carbons (Fsp3) is 1.00. The average molecular weight is 277 g/mol. The molecular weight excluding hydrogens is 259 g/mol. The van der Waals surface area contributed by atoms with E-state index in [2.05, 4.69) is 4.93 Å². The van der Waals surface area contributed by atoms with Crippen molar-refractivity contribution in [3.8, 4) is 0 Å². The molecule has 4 rings (SSSR count). The van der Waals surface area contributed by atoms with Gasteiger partial charge in [0, 0.05) is 0 Å². The van der Waals surface area contributed by atoms with Crippen LogP contribution < -0.4 is 21.2 Å². The van der Waals surface area contributed by atoms with Crippen LogP contribution in [0.15, 0.2) is 0 Å². The van der Waals surface area contributed by atoms with E-state index < -0.39 is 0 Å². The summed E-state index contributed by atoms with van der Waals surface area (Å²) in [5, 5.41) is 0. The van der Waals surface area contributed by atoms with Crippen molar-refractivity contribution in [2.24, 2.45) is 17.8 Å². The van der Waals surface area contributed by atoms with Crippen LogP contribution in [0.3, 0.4) is 0 Å². The Bertz CT molecular complexity index is 162. The van der Waals surface area contributed by atoms with Gasteiger partial charge in [0.05, 0.1) is 0 Å².